The van der Waals surface area contributed by atoms with Crippen LogP contribution in [0.1, 0.15) is 203 Å². The van der Waals surface area contributed by atoms with Crippen molar-refractivity contribution in [2.24, 2.45) is 113 Å². The number of aliphatic hydroxyl groups is 1. The smallest absolute Gasteiger partial charge is 0.226 e. The number of ketones is 4. The highest BCUT2D eigenvalue weighted by atomic mass is 16.5. The maximum absolute atomic E-state index is 14.4. The van der Waals surface area contributed by atoms with Gasteiger partial charge in [0.25, 0.3) is 0 Å². The lowest BCUT2D eigenvalue weighted by Crippen LogP contribution is -2.68. The van der Waals surface area contributed by atoms with E-state index in [9.17, 15) is 24.3 Å². The van der Waals surface area contributed by atoms with Crippen LogP contribution in [0.5, 0.6) is 0 Å². The summed E-state index contributed by atoms with van der Waals surface area (Å²) in [6.45, 7) is 44.0. The number of methoxy groups -OCH3 is 1. The highest BCUT2D eigenvalue weighted by Gasteiger charge is 2.73. The second-order valence-electron chi connectivity index (χ2n) is 28.9. The number of hydrogen-bond donors (Lipinski definition) is 1. The van der Waals surface area contributed by atoms with Crippen molar-refractivity contribution < 1.29 is 31.8 Å². The van der Waals surface area contributed by atoms with Gasteiger partial charge in [-0.3, -0.25) is 9.59 Å². The van der Waals surface area contributed by atoms with Gasteiger partial charge in [-0.25, -0.2) is 9.69 Å². The Bertz CT molecular complexity index is 2360. The summed E-state index contributed by atoms with van der Waals surface area (Å²) in [5, 5.41) is 10.6. The first-order valence-corrected chi connectivity index (χ1v) is 27.5. The number of rotatable bonds is 3. The number of fused-ring (bicyclic) bond motifs is 14. The van der Waals surface area contributed by atoms with E-state index in [1.165, 1.54) is 21.2 Å². The van der Waals surface area contributed by atoms with Crippen LogP contribution in [-0.2, 0) is 23.9 Å². The molecule has 0 aromatic carbocycles. The number of allylic oxidation sites excluding steroid dienone is 4. The molecule has 8 fully saturated rings. The Morgan fingerprint density at radius 3 is 1.32 bits per heavy atom. The van der Waals surface area contributed by atoms with Gasteiger partial charge in [-0.1, -0.05) is 110 Å². The number of ether oxygens (including phenoxy) is 1. The third-order valence-corrected chi connectivity index (χ3v) is 25.3. The predicted octanol–water partition coefficient (Wildman–Crippen LogP) is 14.4. The summed E-state index contributed by atoms with van der Waals surface area (Å²) in [6, 6.07) is 0. The van der Waals surface area contributed by atoms with Crippen molar-refractivity contribution in [2.75, 3.05) is 20.3 Å². The van der Waals surface area contributed by atoms with Crippen LogP contribution in [-0.4, -0.2) is 48.6 Å². The Morgan fingerprint density at radius 1 is 0.577 bits per heavy atom. The predicted molar refractivity (Wildman–Crippen MR) is 283 cm³/mol. The van der Waals surface area contributed by atoms with Crippen LogP contribution in [0, 0.1) is 126 Å². The van der Waals surface area contributed by atoms with Crippen LogP contribution in [0.4, 0.5) is 0 Å². The summed E-state index contributed by atoms with van der Waals surface area (Å²) in [4.78, 5) is 61.7. The number of Topliss-reactive ketones (excluding diaryl/α,β-unsaturated/α-hetero) is 4. The van der Waals surface area contributed by atoms with Crippen molar-refractivity contribution in [1.82, 2.24) is 0 Å². The second kappa shape index (κ2) is 17.8. The van der Waals surface area contributed by atoms with E-state index in [-0.39, 0.29) is 131 Å². The van der Waals surface area contributed by atoms with Gasteiger partial charge < -0.3 is 19.4 Å². The molecular weight excluding hydrogens is 881 g/mol. The van der Waals surface area contributed by atoms with Crippen LogP contribution < -0.4 is 0 Å². The molecule has 1 N–H and O–H groups in total. The van der Waals surface area contributed by atoms with E-state index in [1.807, 2.05) is 33.1 Å². The van der Waals surface area contributed by atoms with Gasteiger partial charge in [0.15, 0.2) is 11.6 Å². The lowest BCUT2D eigenvalue weighted by atomic mass is 9.32. The van der Waals surface area contributed by atoms with Crippen LogP contribution in [0.3, 0.4) is 0 Å². The Kier molecular flexibility index (Phi) is 13.3. The molecule has 0 aromatic heterocycles. The first-order valence-electron chi connectivity index (χ1n) is 29.5. The van der Waals surface area contributed by atoms with Crippen LogP contribution >= 0.6 is 0 Å². The lowest BCUT2D eigenvalue weighted by Gasteiger charge is -2.71. The van der Waals surface area contributed by atoms with Gasteiger partial charge in [0.05, 0.1) is 19.8 Å². The third-order valence-electron chi connectivity index (χ3n) is 25.3. The molecule has 0 saturated heterocycles. The minimum Gasteiger partial charge on any atom is -0.396 e. The van der Waals surface area contributed by atoms with E-state index >= 15 is 0 Å². The van der Waals surface area contributed by atoms with Crippen molar-refractivity contribution in [3.63, 3.8) is 0 Å². The largest absolute Gasteiger partial charge is 0.396 e. The molecule has 0 spiro atoms. The molecule has 394 valence electrons. The summed E-state index contributed by atoms with van der Waals surface area (Å²) in [6.07, 6.45) is 20.1. The average Bonchev–Trinajstić information content (AvgIpc) is 3.34. The Morgan fingerprint density at radius 2 is 0.944 bits per heavy atom. The van der Waals surface area contributed by atoms with E-state index in [1.54, 1.807) is 0 Å². The van der Waals surface area contributed by atoms with Crippen LogP contribution in [0.25, 0.3) is 9.69 Å². The Labute approximate surface area is 434 Å². The second-order valence-corrected chi connectivity index (χ2v) is 28.9. The highest BCUT2D eigenvalue weighted by Crippen LogP contribution is 2.77. The van der Waals surface area contributed by atoms with Gasteiger partial charge >= 0.3 is 0 Å². The summed E-state index contributed by atoms with van der Waals surface area (Å²) in [5.41, 5.74) is 0.290. The van der Waals surface area contributed by atoms with E-state index in [0.717, 1.165) is 90.1 Å². The van der Waals surface area contributed by atoms with E-state index in [4.69, 9.17) is 20.6 Å². The molecule has 8 heteroatoms. The van der Waals surface area contributed by atoms with Crippen molar-refractivity contribution in [2.45, 2.75) is 201 Å². The summed E-state index contributed by atoms with van der Waals surface area (Å²) in [7, 11) is 4.33. The van der Waals surface area contributed by atoms with Gasteiger partial charge in [0, 0.05) is 53.0 Å². The van der Waals surface area contributed by atoms with Crippen LogP contribution in [0.15, 0.2) is 23.5 Å². The SMILES string of the molecule is [3H]C.[3H]C.[C-]#[N+]C1=C[C@]2(C)[C@H]3CC(=O)[C@@H]4[C@@H]5CC(C)(C)CC[C@]5(CO)CC[C@@]4(C)[C@]3(C)CC[C@H]2[C@H](C)C1=O.[C-]#[N+]C1=C[C@]2(C)[C@H]3CC(=O)[C@@H]4[C@@H]5CC(C)(C)CC[C@]5(COC)CC[C@@]4(C)[C@]3(C)CC[C@H]2[C@H](C)C1=O. The summed E-state index contributed by atoms with van der Waals surface area (Å²) >= 11 is 0. The molecule has 71 heavy (non-hydrogen) atoms. The van der Waals surface area contributed by atoms with E-state index in [2.05, 4.69) is 78.9 Å². The molecule has 0 heterocycles. The zero-order valence-electron chi connectivity index (χ0n) is 49.0. The van der Waals surface area contributed by atoms with Gasteiger partial charge in [-0.15, -0.1) is 0 Å². The molecule has 10 rings (SSSR count). The molecule has 8 nitrogen and oxygen atoms in total. The number of carbonyl (C=O) groups is 4. The first kappa shape index (κ1) is 52.9. The van der Waals surface area contributed by atoms with Crippen LogP contribution in [0.2, 0.25) is 0 Å². The normalized spacial score (nSPS) is 50.0. The van der Waals surface area contributed by atoms with Gasteiger partial charge in [0.2, 0.25) is 11.4 Å². The number of nitrogens with zero attached hydrogens (tertiary/aromatic N) is 2. The fourth-order valence-corrected chi connectivity index (χ4v) is 20.8. The van der Waals surface area contributed by atoms with Crippen molar-refractivity contribution in [1.29, 1.82) is 0 Å². The topological polar surface area (TPSA) is 106 Å². The molecule has 10 aliphatic rings. The molecule has 0 bridgehead atoms. The molecule has 0 radical (unpaired) electrons. The molecule has 0 unspecified atom stereocenters. The molecule has 0 amide bonds. The number of hydrogen-bond acceptors (Lipinski definition) is 6. The molecule has 18 atom stereocenters. The number of aliphatic hydroxyl groups excluding tert-OH is 1. The van der Waals surface area contributed by atoms with E-state index in [0.29, 0.717) is 36.0 Å². The first-order chi connectivity index (χ1) is 34.1. The minimum atomic E-state index is -0.304. The minimum absolute atomic E-state index is 0.00123. The molecule has 0 aromatic rings. The molecule has 0 aliphatic heterocycles. The van der Waals surface area contributed by atoms with Gasteiger partial charge in [0.1, 0.15) is 11.6 Å². The maximum Gasteiger partial charge on any atom is 0.226 e. The van der Waals surface area contributed by atoms with Gasteiger partial charge in [-0.2, -0.15) is 0 Å². The maximum atomic E-state index is 14.4. The lowest BCUT2D eigenvalue weighted by molar-refractivity contribution is -0.224. The monoisotopic (exact) mass is 981 g/mol. The molecular formula is C63H96N2O6. The third kappa shape index (κ3) is 7.54. The fraction of sp³-hybridized carbons (Fsp3) is 0.841. The fourth-order valence-electron chi connectivity index (χ4n) is 20.8. The molecule has 8 saturated carbocycles. The van der Waals surface area contributed by atoms with Crippen molar-refractivity contribution >= 4 is 23.1 Å². The Balaban J connectivity index is 0.000000200. The van der Waals surface area contributed by atoms with Gasteiger partial charge in [-0.05, 0) is 180 Å². The standard InChI is InChI=1S/C31H45NO3.C30H43NO3.2CH4/c1-19-20-9-10-29(5)24(28(20,4)17-22(32-7)26(19)34)15-23(33)25-21-16-27(2,3)11-13-31(21,18-35-8)14-12-30(25,29)6;1-18-19-8-9-28(5)23(27(19,4)16-21(31-7)25(18)34)14-22(33)24-20-15-26(2,3)10-12-30(20,17-32)13-11-29(24,28)6;;/h17,19-21,24-25H,9-16,18H2,1-6,8H3;16,18-20,23-24,32H,8-15,17H2,1-6H3;2*1H4/t19-,20-,21-,24+,25-,28-,29+,30+,31+;18-,19-,20-,23+,24-,27-,28+,29+,30+;;/m00../s1/i;;2*1T. The van der Waals surface area contributed by atoms with Crippen molar-refractivity contribution in [3.05, 3.63) is 46.4 Å². The Hall–Kier alpha value is -2.94. The number of carbonyl (C=O) groups excluding carboxylic acids is 4. The quantitative estimate of drug-likeness (QED) is 0.282. The zero-order chi connectivity index (χ0) is 54.5. The van der Waals surface area contributed by atoms with Crippen molar-refractivity contribution in [3.8, 4) is 0 Å². The highest BCUT2D eigenvalue weighted by molar-refractivity contribution is 6.00. The average molecular weight is 981 g/mol. The summed E-state index contributed by atoms with van der Waals surface area (Å²) < 4.78 is 17.3. The summed E-state index contributed by atoms with van der Waals surface area (Å²) in [5.74, 6) is 1.99. The zero-order valence-corrected chi connectivity index (χ0v) is 47.0. The van der Waals surface area contributed by atoms with E-state index < -0.39 is 0 Å². The molecule has 10 aliphatic carbocycles.